The molecule has 0 saturated heterocycles. The number of thiazole rings is 1. The molecule has 0 bridgehead atoms. The normalized spacial score (nSPS) is 10.2. The third kappa shape index (κ3) is 2.60. The average Bonchev–Trinajstić information content (AvgIpc) is 2.80. The molecule has 0 saturated carbocycles. The molecule has 0 aromatic carbocycles. The smallest absolute Gasteiger partial charge is 0.309 e. The second-order valence-corrected chi connectivity index (χ2v) is 3.91. The zero-order valence-electron chi connectivity index (χ0n) is 8.41. The van der Waals surface area contributed by atoms with Crippen molar-refractivity contribution in [3.05, 3.63) is 29.4 Å². The Kier molecular flexibility index (Phi) is 3.21. The number of aryl methyl sites for hydroxylation is 1. The molecule has 1 N–H and O–H groups in total. The number of rotatable bonds is 4. The number of hydrogen-bond acceptors (Lipinski definition) is 4. The zero-order chi connectivity index (χ0) is 11.4. The van der Waals surface area contributed by atoms with Gasteiger partial charge in [0.25, 0.3) is 0 Å². The van der Waals surface area contributed by atoms with Crippen molar-refractivity contribution in [3.63, 3.8) is 0 Å². The Balaban J connectivity index is 2.08. The molecule has 6 heteroatoms. The van der Waals surface area contributed by atoms with Crippen LogP contribution < -0.4 is 4.68 Å². The second kappa shape index (κ2) is 4.80. The van der Waals surface area contributed by atoms with Gasteiger partial charge in [-0.1, -0.05) is 4.68 Å². The lowest BCUT2D eigenvalue weighted by Crippen LogP contribution is -2.38. The van der Waals surface area contributed by atoms with Crippen LogP contribution >= 0.6 is 11.3 Å². The molecule has 2 rings (SSSR count). The van der Waals surface area contributed by atoms with Gasteiger partial charge in [0, 0.05) is 17.0 Å². The van der Waals surface area contributed by atoms with Gasteiger partial charge in [-0.2, -0.15) is 0 Å². The standard InChI is InChI=1S/C10H9N3O2S/c14-10(15)2-4-13-3-1-8(5-12-13)9-6-16-7-11-9/h1,3,5-7H,2,4H2/p+1. The molecular formula is C10H10N3O2S+. The number of carboxylic acids is 1. The van der Waals surface area contributed by atoms with E-state index >= 15 is 0 Å². The fourth-order valence-corrected chi connectivity index (χ4v) is 1.79. The molecule has 16 heavy (non-hydrogen) atoms. The third-order valence-corrected chi connectivity index (χ3v) is 2.64. The second-order valence-electron chi connectivity index (χ2n) is 3.20. The van der Waals surface area contributed by atoms with E-state index in [1.165, 1.54) is 11.3 Å². The minimum Gasteiger partial charge on any atom is -0.481 e. The highest BCUT2D eigenvalue weighted by Gasteiger charge is 2.07. The summed E-state index contributed by atoms with van der Waals surface area (Å²) in [6, 6.07) is 1.88. The number of carboxylic acid groups (broad SMARTS) is 1. The van der Waals surface area contributed by atoms with E-state index in [-0.39, 0.29) is 6.42 Å². The molecule has 0 fully saturated rings. The maximum Gasteiger partial charge on any atom is 0.309 e. The highest BCUT2D eigenvalue weighted by atomic mass is 32.1. The number of nitrogens with zero attached hydrogens (tertiary/aromatic N) is 3. The van der Waals surface area contributed by atoms with Crippen LogP contribution in [0.3, 0.4) is 0 Å². The average molecular weight is 236 g/mol. The predicted molar refractivity (Wildman–Crippen MR) is 57.8 cm³/mol. The van der Waals surface area contributed by atoms with E-state index in [1.807, 2.05) is 11.4 Å². The summed E-state index contributed by atoms with van der Waals surface area (Å²) in [5.74, 6) is -0.821. The Labute approximate surface area is 96.0 Å². The van der Waals surface area contributed by atoms with Crippen LogP contribution in [0.4, 0.5) is 0 Å². The number of aromatic nitrogens is 3. The van der Waals surface area contributed by atoms with Gasteiger partial charge in [-0.3, -0.25) is 4.79 Å². The van der Waals surface area contributed by atoms with E-state index in [0.29, 0.717) is 6.54 Å². The maximum absolute atomic E-state index is 10.4. The van der Waals surface area contributed by atoms with Gasteiger partial charge >= 0.3 is 5.97 Å². The van der Waals surface area contributed by atoms with Crippen LogP contribution in [0.25, 0.3) is 11.3 Å². The van der Waals surface area contributed by atoms with Gasteiger partial charge in [-0.15, -0.1) is 11.3 Å². The highest BCUT2D eigenvalue weighted by molar-refractivity contribution is 7.07. The van der Waals surface area contributed by atoms with Crippen molar-refractivity contribution in [1.29, 1.82) is 0 Å². The monoisotopic (exact) mass is 236 g/mol. The van der Waals surface area contributed by atoms with Crippen LogP contribution in [0.15, 0.2) is 29.4 Å². The fraction of sp³-hybridized carbons (Fsp3) is 0.200. The first-order chi connectivity index (χ1) is 7.75. The van der Waals surface area contributed by atoms with Crippen LogP contribution in [-0.4, -0.2) is 21.2 Å². The molecule has 2 aromatic heterocycles. The Bertz CT molecular complexity index is 467. The van der Waals surface area contributed by atoms with Crippen molar-refractivity contribution in [2.45, 2.75) is 13.0 Å². The Morgan fingerprint density at radius 2 is 2.44 bits per heavy atom. The molecule has 0 aliphatic rings. The van der Waals surface area contributed by atoms with Crippen molar-refractivity contribution in [1.82, 2.24) is 10.1 Å². The lowest BCUT2D eigenvalue weighted by Gasteiger charge is -1.94. The van der Waals surface area contributed by atoms with Gasteiger partial charge in [-0.05, 0) is 5.10 Å². The number of aliphatic carboxylic acids is 1. The highest BCUT2D eigenvalue weighted by Crippen LogP contribution is 2.15. The van der Waals surface area contributed by atoms with E-state index in [0.717, 1.165) is 11.3 Å². The van der Waals surface area contributed by atoms with Crippen molar-refractivity contribution in [3.8, 4) is 11.3 Å². The van der Waals surface area contributed by atoms with Crippen LogP contribution in [0, 0.1) is 0 Å². The third-order valence-electron chi connectivity index (χ3n) is 2.05. The van der Waals surface area contributed by atoms with E-state index in [9.17, 15) is 4.79 Å². The first-order valence-corrected chi connectivity index (χ1v) is 5.66. The summed E-state index contributed by atoms with van der Waals surface area (Å²) < 4.78 is 1.60. The molecule has 0 atom stereocenters. The lowest BCUT2D eigenvalue weighted by atomic mass is 10.2. The molecule has 82 valence electrons. The molecule has 0 amide bonds. The summed E-state index contributed by atoms with van der Waals surface area (Å²) in [7, 11) is 0. The summed E-state index contributed by atoms with van der Waals surface area (Å²) in [6.07, 6.45) is 3.53. The maximum atomic E-state index is 10.4. The molecule has 0 aliphatic carbocycles. The van der Waals surface area contributed by atoms with Gasteiger partial charge in [0.1, 0.15) is 12.6 Å². The van der Waals surface area contributed by atoms with Gasteiger partial charge in [0.15, 0.2) is 12.7 Å². The Morgan fingerprint density at radius 1 is 1.56 bits per heavy atom. The van der Waals surface area contributed by atoms with E-state index in [2.05, 4.69) is 10.1 Å². The topological polar surface area (TPSA) is 67.0 Å². The van der Waals surface area contributed by atoms with Crippen LogP contribution in [0.2, 0.25) is 0 Å². The summed E-state index contributed by atoms with van der Waals surface area (Å²) in [5, 5.41) is 14.6. The van der Waals surface area contributed by atoms with Gasteiger partial charge in [0.05, 0.1) is 11.2 Å². The van der Waals surface area contributed by atoms with Crippen molar-refractivity contribution >= 4 is 17.3 Å². The Hall–Kier alpha value is -1.82. The number of carbonyl (C=O) groups is 1. The Morgan fingerprint density at radius 3 is 3.00 bits per heavy atom. The van der Waals surface area contributed by atoms with Gasteiger partial charge in [0.2, 0.25) is 0 Å². The molecular weight excluding hydrogens is 226 g/mol. The summed E-state index contributed by atoms with van der Waals surface area (Å²) in [4.78, 5) is 14.5. The lowest BCUT2D eigenvalue weighted by molar-refractivity contribution is -0.752. The molecule has 2 aromatic rings. The van der Waals surface area contributed by atoms with Crippen molar-refractivity contribution in [2.75, 3.05) is 0 Å². The summed E-state index contributed by atoms with van der Waals surface area (Å²) >= 11 is 1.53. The van der Waals surface area contributed by atoms with Crippen LogP contribution in [0.5, 0.6) is 0 Å². The SMILES string of the molecule is O=C(O)CC[n+]1ccc(-c2cscn2)cn1. The van der Waals surface area contributed by atoms with Gasteiger partial charge < -0.3 is 5.11 Å². The summed E-state index contributed by atoms with van der Waals surface area (Å²) in [5.41, 5.74) is 3.59. The minimum absolute atomic E-state index is 0.0771. The summed E-state index contributed by atoms with van der Waals surface area (Å²) in [6.45, 7) is 0.382. The van der Waals surface area contributed by atoms with Crippen molar-refractivity contribution in [2.24, 2.45) is 0 Å². The molecule has 0 unspecified atom stereocenters. The van der Waals surface area contributed by atoms with Crippen LogP contribution in [-0.2, 0) is 11.3 Å². The molecule has 0 aliphatic heterocycles. The predicted octanol–water partition coefficient (Wildman–Crippen LogP) is 0.967. The minimum atomic E-state index is -0.821. The molecule has 2 heterocycles. The van der Waals surface area contributed by atoms with Crippen LogP contribution in [0.1, 0.15) is 6.42 Å². The quantitative estimate of drug-likeness (QED) is 0.803. The first kappa shape index (κ1) is 10.7. The zero-order valence-corrected chi connectivity index (χ0v) is 9.22. The first-order valence-electron chi connectivity index (χ1n) is 4.72. The van der Waals surface area contributed by atoms with E-state index in [4.69, 9.17) is 5.11 Å². The van der Waals surface area contributed by atoms with Crippen molar-refractivity contribution < 1.29 is 14.6 Å². The van der Waals surface area contributed by atoms with E-state index < -0.39 is 5.97 Å². The molecule has 0 spiro atoms. The molecule has 0 radical (unpaired) electrons. The number of hydrogen-bond donors (Lipinski definition) is 1. The molecule has 5 nitrogen and oxygen atoms in total. The fourth-order valence-electron chi connectivity index (χ4n) is 1.23. The van der Waals surface area contributed by atoms with Gasteiger partial charge in [-0.25, -0.2) is 4.98 Å². The largest absolute Gasteiger partial charge is 0.481 e. The van der Waals surface area contributed by atoms with E-state index in [1.54, 1.807) is 22.6 Å².